The molecule has 0 aliphatic rings. The minimum absolute atomic E-state index is 0.0742. The highest BCUT2D eigenvalue weighted by atomic mass is 19.3. The Morgan fingerprint density at radius 1 is 1.03 bits per heavy atom. The van der Waals surface area contributed by atoms with Crippen molar-refractivity contribution in [2.24, 2.45) is 0 Å². The second-order valence-electron chi connectivity index (χ2n) is 7.02. The van der Waals surface area contributed by atoms with Crippen LogP contribution in [-0.2, 0) is 13.2 Å². The second-order valence-corrected chi connectivity index (χ2v) is 7.02. The number of nitriles is 2. The van der Waals surface area contributed by atoms with Gasteiger partial charge in [0.25, 0.3) is 6.43 Å². The summed E-state index contributed by atoms with van der Waals surface area (Å²) in [6, 6.07) is 17.8. The highest BCUT2D eigenvalue weighted by Crippen LogP contribution is 2.35. The number of hydrogen-bond acceptors (Lipinski definition) is 5. The molecule has 0 atom stereocenters. The number of hydrogen-bond donors (Lipinski definition) is 0. The first-order valence-electron chi connectivity index (χ1n) is 9.52. The van der Waals surface area contributed by atoms with Crippen molar-refractivity contribution in [1.82, 2.24) is 4.98 Å². The van der Waals surface area contributed by atoms with Crippen LogP contribution in [0.4, 0.5) is 14.5 Å². The maximum Gasteiger partial charge on any atom is 0.267 e. The Bertz CT molecular complexity index is 1140. The molecule has 0 saturated heterocycles. The van der Waals surface area contributed by atoms with Gasteiger partial charge in [-0.15, -0.1) is 0 Å². The summed E-state index contributed by atoms with van der Waals surface area (Å²) in [5.41, 5.74) is 3.17. The Morgan fingerprint density at radius 2 is 1.61 bits per heavy atom. The molecule has 0 amide bonds. The maximum atomic E-state index is 14.0. The number of rotatable bonds is 7. The van der Waals surface area contributed by atoms with Crippen molar-refractivity contribution in [3.63, 3.8) is 0 Å². The van der Waals surface area contributed by atoms with Crippen LogP contribution in [0, 0.1) is 29.6 Å². The van der Waals surface area contributed by atoms with Crippen molar-refractivity contribution in [2.75, 3.05) is 4.81 Å². The Morgan fingerprint density at radius 3 is 2.16 bits per heavy atom. The number of halogens is 2. The minimum atomic E-state index is -2.73. The first-order chi connectivity index (χ1) is 14.9. The lowest BCUT2D eigenvalue weighted by Gasteiger charge is -2.23. The van der Waals surface area contributed by atoms with Crippen LogP contribution < -0.4 is 9.55 Å². The molecule has 31 heavy (non-hydrogen) atoms. The molecule has 5 nitrogen and oxygen atoms in total. The predicted octanol–water partition coefficient (Wildman–Crippen LogP) is 4.20. The van der Waals surface area contributed by atoms with E-state index in [0.717, 1.165) is 11.3 Å². The van der Waals surface area contributed by atoms with Crippen LogP contribution in [0.3, 0.4) is 0 Å². The molecule has 154 valence electrons. The van der Waals surface area contributed by atoms with Crippen molar-refractivity contribution < 1.29 is 13.5 Å². The molecule has 1 aromatic heterocycles. The topological polar surface area (TPSA) is 72.9 Å². The van der Waals surface area contributed by atoms with Gasteiger partial charge in [-0.25, -0.2) is 8.78 Å². The SMILES string of the molecule is BN(Cc1cnc(C)c(OCc2ccc(C#N)cc2)c1C(F)F)c1ccc(C#N)cc1. The van der Waals surface area contributed by atoms with Crippen molar-refractivity contribution in [3.05, 3.63) is 88.2 Å². The minimum Gasteiger partial charge on any atom is -0.486 e. The van der Waals surface area contributed by atoms with Crippen LogP contribution in [0.2, 0.25) is 0 Å². The van der Waals surface area contributed by atoms with E-state index < -0.39 is 6.43 Å². The summed E-state index contributed by atoms with van der Waals surface area (Å²) >= 11 is 0. The zero-order valence-corrected chi connectivity index (χ0v) is 17.1. The molecule has 0 fully saturated rings. The van der Waals surface area contributed by atoms with E-state index in [0.29, 0.717) is 22.4 Å². The number of pyridine rings is 1. The van der Waals surface area contributed by atoms with Gasteiger partial charge in [0.2, 0.25) is 7.98 Å². The van der Waals surface area contributed by atoms with Gasteiger partial charge < -0.3 is 9.55 Å². The standard InChI is InChI=1S/C23H19BF2N4O/c1-15-22(31-14-18-4-2-16(10-27)3-5-18)21(23(25)26)19(12-29-15)13-30(24)20-8-6-17(11-28)7-9-20/h2-9,12,23H,13-14,24H2,1H3. The van der Waals surface area contributed by atoms with Crippen LogP contribution in [0.25, 0.3) is 0 Å². The lowest BCUT2D eigenvalue weighted by molar-refractivity contribution is 0.142. The molecule has 0 unspecified atom stereocenters. The van der Waals surface area contributed by atoms with Crippen LogP contribution in [0.1, 0.15) is 39.9 Å². The van der Waals surface area contributed by atoms with Crippen LogP contribution in [-0.4, -0.2) is 13.0 Å². The molecule has 8 heteroatoms. The molecule has 3 aromatic rings. The molecule has 0 saturated carbocycles. The third-order valence-corrected chi connectivity index (χ3v) is 4.86. The van der Waals surface area contributed by atoms with E-state index in [4.69, 9.17) is 15.3 Å². The first kappa shape index (κ1) is 21.8. The summed E-state index contributed by atoms with van der Waals surface area (Å²) in [6.07, 6.45) is -1.28. The Balaban J connectivity index is 1.85. The van der Waals surface area contributed by atoms with E-state index in [1.54, 1.807) is 63.4 Å². The zero-order chi connectivity index (χ0) is 22.4. The summed E-state index contributed by atoms with van der Waals surface area (Å²) < 4.78 is 33.9. The van der Waals surface area contributed by atoms with E-state index in [-0.39, 0.29) is 24.5 Å². The van der Waals surface area contributed by atoms with E-state index in [2.05, 4.69) is 11.1 Å². The normalized spacial score (nSPS) is 10.4. The average Bonchev–Trinajstić information content (AvgIpc) is 2.79. The molecule has 0 radical (unpaired) electrons. The summed E-state index contributed by atoms with van der Waals surface area (Å²) in [6.45, 7) is 1.92. The number of aromatic nitrogens is 1. The van der Waals surface area contributed by atoms with Crippen molar-refractivity contribution in [3.8, 4) is 17.9 Å². The smallest absolute Gasteiger partial charge is 0.267 e. The summed E-state index contributed by atoms with van der Waals surface area (Å²) in [5, 5.41) is 17.8. The van der Waals surface area contributed by atoms with Crippen LogP contribution in [0.5, 0.6) is 5.75 Å². The van der Waals surface area contributed by atoms with Gasteiger partial charge in [0.15, 0.2) is 0 Å². The third-order valence-electron chi connectivity index (χ3n) is 4.86. The number of alkyl halides is 2. The fourth-order valence-electron chi connectivity index (χ4n) is 3.16. The van der Waals surface area contributed by atoms with E-state index >= 15 is 0 Å². The third kappa shape index (κ3) is 5.18. The molecular weight excluding hydrogens is 397 g/mol. The lowest BCUT2D eigenvalue weighted by Crippen LogP contribution is -2.20. The van der Waals surface area contributed by atoms with Crippen molar-refractivity contribution in [1.29, 1.82) is 10.5 Å². The molecule has 2 aromatic carbocycles. The molecule has 0 spiro atoms. The van der Waals surface area contributed by atoms with Gasteiger partial charge in [-0.05, 0) is 48.9 Å². The number of nitrogens with zero attached hydrogens (tertiary/aromatic N) is 4. The van der Waals surface area contributed by atoms with E-state index in [1.807, 2.05) is 10.9 Å². The Labute approximate surface area is 180 Å². The molecule has 0 N–H and O–H groups in total. The van der Waals surface area contributed by atoms with Crippen molar-refractivity contribution >= 4 is 13.7 Å². The zero-order valence-electron chi connectivity index (χ0n) is 17.1. The number of anilines is 1. The highest BCUT2D eigenvalue weighted by Gasteiger charge is 2.23. The van der Waals surface area contributed by atoms with Gasteiger partial charge in [-0.1, -0.05) is 12.1 Å². The summed E-state index contributed by atoms with van der Waals surface area (Å²) in [5.74, 6) is 0.0742. The van der Waals surface area contributed by atoms with Gasteiger partial charge in [-0.2, -0.15) is 10.5 Å². The first-order valence-corrected chi connectivity index (χ1v) is 9.52. The summed E-state index contributed by atoms with van der Waals surface area (Å²) in [4.78, 5) is 6.07. The van der Waals surface area contributed by atoms with Gasteiger partial charge in [-0.3, -0.25) is 4.98 Å². The molecule has 0 aliphatic carbocycles. The van der Waals surface area contributed by atoms with Gasteiger partial charge in [0.1, 0.15) is 12.4 Å². The molecule has 1 heterocycles. The number of aryl methyl sites for hydroxylation is 1. The second kappa shape index (κ2) is 9.73. The Kier molecular flexibility index (Phi) is 6.84. The van der Waals surface area contributed by atoms with E-state index in [1.165, 1.54) is 6.20 Å². The largest absolute Gasteiger partial charge is 0.486 e. The van der Waals surface area contributed by atoms with Crippen LogP contribution in [0.15, 0.2) is 54.7 Å². The molecule has 0 aliphatic heterocycles. The average molecular weight is 416 g/mol. The van der Waals surface area contributed by atoms with Gasteiger partial charge >= 0.3 is 0 Å². The lowest BCUT2D eigenvalue weighted by atomic mass is 10.0. The predicted molar refractivity (Wildman–Crippen MR) is 115 cm³/mol. The quantitative estimate of drug-likeness (QED) is 0.540. The molecule has 0 bridgehead atoms. The van der Waals surface area contributed by atoms with E-state index in [9.17, 15) is 8.78 Å². The highest BCUT2D eigenvalue weighted by molar-refractivity contribution is 6.17. The Hall–Kier alpha value is -3.91. The summed E-state index contributed by atoms with van der Waals surface area (Å²) in [7, 11) is 1.79. The monoisotopic (exact) mass is 416 g/mol. The van der Waals surface area contributed by atoms with Crippen molar-refractivity contribution in [2.45, 2.75) is 26.5 Å². The molecular formula is C23H19BF2N4O. The fourth-order valence-corrected chi connectivity index (χ4v) is 3.16. The van der Waals surface area contributed by atoms with Crippen LogP contribution >= 0.6 is 0 Å². The van der Waals surface area contributed by atoms with Gasteiger partial charge in [0, 0.05) is 24.0 Å². The fraction of sp³-hybridized carbons (Fsp3) is 0.174. The maximum absolute atomic E-state index is 14.0. The molecule has 3 rings (SSSR count). The van der Waals surface area contributed by atoms with Gasteiger partial charge in [0.05, 0.1) is 34.5 Å². The number of ether oxygens (including phenoxy) is 1. The number of benzene rings is 2.